The summed E-state index contributed by atoms with van der Waals surface area (Å²) >= 11 is 0. The molecular formula is C21H41N5O4. The monoisotopic (exact) mass is 427 g/mol. The summed E-state index contributed by atoms with van der Waals surface area (Å²) in [7, 11) is 0. The van der Waals surface area contributed by atoms with Crippen molar-refractivity contribution in [3.8, 4) is 0 Å². The Morgan fingerprint density at radius 2 is 1.40 bits per heavy atom. The SMILES string of the molecule is CC(C)(CC(CC(C(N)=O)C(C)(C)C)C(=O)NCCCCCNC(=O)CN)C(N)=O. The third-order valence-electron chi connectivity index (χ3n) is 5.36. The Labute approximate surface area is 180 Å². The minimum absolute atomic E-state index is 0.0278. The van der Waals surface area contributed by atoms with Gasteiger partial charge < -0.3 is 27.8 Å². The molecule has 0 aliphatic carbocycles. The quantitative estimate of drug-likeness (QED) is 0.252. The summed E-state index contributed by atoms with van der Waals surface area (Å²) in [6.07, 6.45) is 2.85. The molecule has 4 amide bonds. The van der Waals surface area contributed by atoms with E-state index >= 15 is 0 Å². The van der Waals surface area contributed by atoms with Crippen LogP contribution in [-0.2, 0) is 19.2 Å². The zero-order valence-corrected chi connectivity index (χ0v) is 19.2. The van der Waals surface area contributed by atoms with Crippen molar-refractivity contribution < 1.29 is 19.2 Å². The van der Waals surface area contributed by atoms with Crippen LogP contribution in [0.1, 0.15) is 66.7 Å². The average Bonchev–Trinajstić information content (AvgIpc) is 2.62. The number of carbonyl (C=O) groups excluding carboxylic acids is 4. The highest BCUT2D eigenvalue weighted by molar-refractivity contribution is 5.84. The highest BCUT2D eigenvalue weighted by Gasteiger charge is 2.38. The summed E-state index contributed by atoms with van der Waals surface area (Å²) in [5, 5.41) is 5.59. The highest BCUT2D eigenvalue weighted by Crippen LogP contribution is 2.35. The average molecular weight is 428 g/mol. The molecule has 0 aliphatic rings. The summed E-state index contributed by atoms with van der Waals surface area (Å²) in [6.45, 7) is 10.1. The molecule has 0 heterocycles. The molecule has 2 unspecified atom stereocenters. The molecule has 9 heteroatoms. The predicted molar refractivity (Wildman–Crippen MR) is 117 cm³/mol. The Hall–Kier alpha value is -2.16. The van der Waals surface area contributed by atoms with Gasteiger partial charge in [0.25, 0.3) is 0 Å². The molecule has 8 N–H and O–H groups in total. The zero-order valence-electron chi connectivity index (χ0n) is 19.2. The minimum atomic E-state index is -0.886. The van der Waals surface area contributed by atoms with Crippen LogP contribution in [0.15, 0.2) is 0 Å². The number of hydrogen-bond acceptors (Lipinski definition) is 5. The van der Waals surface area contributed by atoms with E-state index in [0.29, 0.717) is 13.1 Å². The van der Waals surface area contributed by atoms with E-state index in [0.717, 1.165) is 19.3 Å². The van der Waals surface area contributed by atoms with Crippen molar-refractivity contribution in [2.24, 2.45) is 39.9 Å². The van der Waals surface area contributed by atoms with E-state index in [4.69, 9.17) is 17.2 Å². The summed E-state index contributed by atoms with van der Waals surface area (Å²) in [5.41, 5.74) is 15.0. The number of amides is 4. The zero-order chi connectivity index (χ0) is 23.5. The van der Waals surface area contributed by atoms with Gasteiger partial charge in [0.15, 0.2) is 0 Å². The van der Waals surface area contributed by atoms with Gasteiger partial charge in [-0.3, -0.25) is 19.2 Å². The van der Waals surface area contributed by atoms with Gasteiger partial charge in [0, 0.05) is 30.3 Å². The molecule has 0 bridgehead atoms. The Morgan fingerprint density at radius 1 is 0.867 bits per heavy atom. The number of unbranched alkanes of at least 4 members (excludes halogenated alkanes) is 2. The van der Waals surface area contributed by atoms with Crippen LogP contribution in [-0.4, -0.2) is 43.3 Å². The molecule has 174 valence electrons. The maximum absolute atomic E-state index is 12.9. The fraction of sp³-hybridized carbons (Fsp3) is 0.810. The lowest BCUT2D eigenvalue weighted by molar-refractivity contribution is -0.132. The normalized spacial score (nSPS) is 13.9. The van der Waals surface area contributed by atoms with E-state index in [1.165, 1.54) is 0 Å². The van der Waals surface area contributed by atoms with E-state index in [9.17, 15) is 19.2 Å². The van der Waals surface area contributed by atoms with Crippen LogP contribution < -0.4 is 27.8 Å². The minimum Gasteiger partial charge on any atom is -0.369 e. The Balaban J connectivity index is 4.90. The Bertz CT molecular complexity index is 599. The molecule has 0 saturated heterocycles. The second kappa shape index (κ2) is 12.5. The molecular weight excluding hydrogens is 386 g/mol. The summed E-state index contributed by atoms with van der Waals surface area (Å²) in [6, 6.07) is 0. The first-order valence-electron chi connectivity index (χ1n) is 10.6. The van der Waals surface area contributed by atoms with Gasteiger partial charge in [-0.15, -0.1) is 0 Å². The van der Waals surface area contributed by atoms with Gasteiger partial charge in [-0.1, -0.05) is 34.6 Å². The van der Waals surface area contributed by atoms with E-state index in [-0.39, 0.29) is 31.2 Å². The lowest BCUT2D eigenvalue weighted by atomic mass is 9.71. The van der Waals surface area contributed by atoms with Crippen molar-refractivity contribution in [3.05, 3.63) is 0 Å². The maximum Gasteiger partial charge on any atom is 0.233 e. The van der Waals surface area contributed by atoms with Crippen molar-refractivity contribution >= 4 is 23.6 Å². The van der Waals surface area contributed by atoms with Crippen LogP contribution in [0, 0.1) is 22.7 Å². The van der Waals surface area contributed by atoms with Crippen LogP contribution >= 0.6 is 0 Å². The second-order valence-corrected chi connectivity index (χ2v) is 9.61. The van der Waals surface area contributed by atoms with Crippen molar-refractivity contribution in [2.45, 2.75) is 66.7 Å². The van der Waals surface area contributed by atoms with Crippen LogP contribution in [0.2, 0.25) is 0 Å². The lowest BCUT2D eigenvalue weighted by Gasteiger charge is -2.33. The van der Waals surface area contributed by atoms with Crippen LogP contribution in [0.3, 0.4) is 0 Å². The first kappa shape index (κ1) is 27.8. The molecule has 0 aromatic carbocycles. The fourth-order valence-corrected chi connectivity index (χ4v) is 3.26. The molecule has 30 heavy (non-hydrogen) atoms. The standard InChI is InChI=1S/C21H41N5O4/c1-20(2,3)15(17(23)28)11-14(12-21(4,5)19(24)30)18(29)26-10-8-6-7-9-25-16(27)13-22/h14-15H,6-13,22H2,1-5H3,(H2,23,28)(H2,24,30)(H,25,27)(H,26,29). The van der Waals surface area contributed by atoms with E-state index in [2.05, 4.69) is 10.6 Å². The lowest BCUT2D eigenvalue weighted by Crippen LogP contribution is -2.43. The molecule has 0 spiro atoms. The summed E-state index contributed by atoms with van der Waals surface area (Å²) in [4.78, 5) is 47.7. The fourth-order valence-electron chi connectivity index (χ4n) is 3.26. The van der Waals surface area contributed by atoms with Crippen LogP contribution in [0.4, 0.5) is 0 Å². The molecule has 0 radical (unpaired) electrons. The van der Waals surface area contributed by atoms with E-state index in [1.807, 2.05) is 20.8 Å². The third-order valence-corrected chi connectivity index (χ3v) is 5.36. The van der Waals surface area contributed by atoms with Gasteiger partial charge in [-0.05, 0) is 37.5 Å². The van der Waals surface area contributed by atoms with Crippen molar-refractivity contribution in [3.63, 3.8) is 0 Å². The Kier molecular flexibility index (Phi) is 11.6. The Morgan fingerprint density at radius 3 is 1.83 bits per heavy atom. The van der Waals surface area contributed by atoms with Gasteiger partial charge in [0.1, 0.15) is 0 Å². The molecule has 0 rings (SSSR count). The molecule has 0 aromatic rings. The molecule has 0 aliphatic heterocycles. The molecule has 0 saturated carbocycles. The number of carbonyl (C=O) groups is 4. The van der Waals surface area contributed by atoms with Crippen molar-refractivity contribution in [2.75, 3.05) is 19.6 Å². The number of nitrogens with one attached hydrogen (secondary N) is 2. The number of primary amides is 2. The maximum atomic E-state index is 12.9. The predicted octanol–water partition coefficient (Wildman–Crippen LogP) is 0.403. The van der Waals surface area contributed by atoms with Crippen molar-refractivity contribution in [1.29, 1.82) is 0 Å². The molecule has 9 nitrogen and oxygen atoms in total. The highest BCUT2D eigenvalue weighted by atomic mass is 16.2. The second-order valence-electron chi connectivity index (χ2n) is 9.61. The first-order valence-corrected chi connectivity index (χ1v) is 10.6. The van der Waals surface area contributed by atoms with E-state index < -0.39 is 34.5 Å². The van der Waals surface area contributed by atoms with E-state index in [1.54, 1.807) is 13.8 Å². The topological polar surface area (TPSA) is 170 Å². The number of nitrogens with two attached hydrogens (primary N) is 3. The number of hydrogen-bond donors (Lipinski definition) is 5. The smallest absolute Gasteiger partial charge is 0.233 e. The van der Waals surface area contributed by atoms with Gasteiger partial charge in [0.2, 0.25) is 23.6 Å². The molecule has 0 fully saturated rings. The molecule has 0 aromatic heterocycles. The summed E-state index contributed by atoms with van der Waals surface area (Å²) in [5.74, 6) is -2.43. The number of rotatable bonds is 14. The van der Waals surface area contributed by atoms with Gasteiger partial charge in [0.05, 0.1) is 6.54 Å². The summed E-state index contributed by atoms with van der Waals surface area (Å²) < 4.78 is 0. The first-order chi connectivity index (χ1) is 13.7. The largest absolute Gasteiger partial charge is 0.369 e. The van der Waals surface area contributed by atoms with Crippen molar-refractivity contribution in [1.82, 2.24) is 10.6 Å². The van der Waals surface area contributed by atoms with Gasteiger partial charge >= 0.3 is 0 Å². The van der Waals surface area contributed by atoms with Crippen LogP contribution in [0.5, 0.6) is 0 Å². The van der Waals surface area contributed by atoms with Gasteiger partial charge in [-0.25, -0.2) is 0 Å². The molecule has 2 atom stereocenters. The van der Waals surface area contributed by atoms with Crippen LogP contribution in [0.25, 0.3) is 0 Å². The third kappa shape index (κ3) is 10.6. The van der Waals surface area contributed by atoms with Gasteiger partial charge in [-0.2, -0.15) is 0 Å².